The summed E-state index contributed by atoms with van der Waals surface area (Å²) in [4.78, 5) is 12.6. The summed E-state index contributed by atoms with van der Waals surface area (Å²) in [6.07, 6.45) is 3.32. The van der Waals surface area contributed by atoms with Gasteiger partial charge in [-0.3, -0.25) is 4.90 Å². The summed E-state index contributed by atoms with van der Waals surface area (Å²) >= 11 is 0. The Kier molecular flexibility index (Phi) is 6.05. The normalized spacial score (nSPS) is 10.1. The first-order valence-corrected chi connectivity index (χ1v) is 6.33. The van der Waals surface area contributed by atoms with Crippen molar-refractivity contribution in [1.29, 1.82) is 0 Å². The smallest absolute Gasteiger partial charge is 0.411 e. The molecule has 0 aromatic heterocycles. The molecule has 1 amide bonds. The van der Waals surface area contributed by atoms with E-state index in [1.807, 2.05) is 0 Å². The van der Waals surface area contributed by atoms with Crippen LogP contribution < -0.4 is 9.64 Å². The molecule has 0 aliphatic heterocycles. The van der Waals surface area contributed by atoms with Gasteiger partial charge < -0.3 is 9.84 Å². The van der Waals surface area contributed by atoms with Gasteiger partial charge in [-0.15, -0.1) is 0 Å². The van der Waals surface area contributed by atoms with E-state index in [4.69, 9.17) is 4.74 Å². The predicted octanol–water partition coefficient (Wildman–Crippen LogP) is 3.76. The molecule has 0 aliphatic carbocycles. The molecule has 0 radical (unpaired) electrons. The van der Waals surface area contributed by atoms with Gasteiger partial charge >= 0.3 is 6.09 Å². The SMILES string of the molecule is CCCCCCN(C(=O)O)c1cccc(OC)c1. The third-order valence-electron chi connectivity index (χ3n) is 2.83. The van der Waals surface area contributed by atoms with Crippen molar-refractivity contribution >= 4 is 11.8 Å². The minimum Gasteiger partial charge on any atom is -0.497 e. The fourth-order valence-electron chi connectivity index (χ4n) is 1.81. The number of rotatable bonds is 7. The zero-order chi connectivity index (χ0) is 13.4. The zero-order valence-corrected chi connectivity index (χ0v) is 11.1. The van der Waals surface area contributed by atoms with Crippen molar-refractivity contribution in [2.24, 2.45) is 0 Å². The Balaban J connectivity index is 2.68. The second kappa shape index (κ2) is 7.58. The lowest BCUT2D eigenvalue weighted by molar-refractivity contribution is 0.201. The number of ether oxygens (including phenoxy) is 1. The van der Waals surface area contributed by atoms with Crippen LogP contribution in [0.15, 0.2) is 24.3 Å². The molecule has 100 valence electrons. The van der Waals surface area contributed by atoms with Gasteiger partial charge in [-0.1, -0.05) is 32.3 Å². The van der Waals surface area contributed by atoms with Gasteiger partial charge in [0.15, 0.2) is 0 Å². The van der Waals surface area contributed by atoms with E-state index >= 15 is 0 Å². The predicted molar refractivity (Wildman–Crippen MR) is 72.5 cm³/mol. The van der Waals surface area contributed by atoms with Crippen LogP contribution in [0.3, 0.4) is 0 Å². The summed E-state index contributed by atoms with van der Waals surface area (Å²) in [5.41, 5.74) is 0.665. The lowest BCUT2D eigenvalue weighted by Gasteiger charge is -2.19. The Morgan fingerprint density at radius 1 is 1.33 bits per heavy atom. The number of anilines is 1. The molecule has 0 spiro atoms. The van der Waals surface area contributed by atoms with Crippen LogP contribution in [0.4, 0.5) is 10.5 Å². The molecule has 0 fully saturated rings. The summed E-state index contributed by atoms with van der Waals surface area (Å²) in [5.74, 6) is 0.673. The number of hydrogen-bond acceptors (Lipinski definition) is 2. The molecule has 0 saturated carbocycles. The number of benzene rings is 1. The van der Waals surface area contributed by atoms with Crippen LogP contribution in [0, 0.1) is 0 Å². The van der Waals surface area contributed by atoms with Crippen LogP contribution in [-0.2, 0) is 0 Å². The third-order valence-corrected chi connectivity index (χ3v) is 2.83. The van der Waals surface area contributed by atoms with Gasteiger partial charge in [0.2, 0.25) is 0 Å². The van der Waals surface area contributed by atoms with Crippen molar-refractivity contribution < 1.29 is 14.6 Å². The largest absolute Gasteiger partial charge is 0.497 e. The molecule has 4 heteroatoms. The van der Waals surface area contributed by atoms with Crippen LogP contribution in [0.2, 0.25) is 0 Å². The van der Waals surface area contributed by atoms with Crippen molar-refractivity contribution in [2.75, 3.05) is 18.6 Å². The first kappa shape index (κ1) is 14.4. The highest BCUT2D eigenvalue weighted by atomic mass is 16.5. The molecule has 1 aromatic carbocycles. The maximum atomic E-state index is 11.2. The van der Waals surface area contributed by atoms with Gasteiger partial charge in [0.1, 0.15) is 5.75 Å². The van der Waals surface area contributed by atoms with Crippen molar-refractivity contribution in [2.45, 2.75) is 32.6 Å². The van der Waals surface area contributed by atoms with Gasteiger partial charge in [-0.25, -0.2) is 4.79 Å². The Morgan fingerprint density at radius 2 is 2.11 bits per heavy atom. The summed E-state index contributed by atoms with van der Waals surface area (Å²) < 4.78 is 5.11. The molecule has 18 heavy (non-hydrogen) atoms. The fraction of sp³-hybridized carbons (Fsp3) is 0.500. The van der Waals surface area contributed by atoms with Crippen molar-refractivity contribution in [1.82, 2.24) is 0 Å². The number of hydrogen-bond donors (Lipinski definition) is 1. The number of carboxylic acid groups (broad SMARTS) is 1. The quantitative estimate of drug-likeness (QED) is 0.751. The topological polar surface area (TPSA) is 49.8 Å². The second-order valence-corrected chi connectivity index (χ2v) is 4.20. The van der Waals surface area contributed by atoms with Gasteiger partial charge in [0.25, 0.3) is 0 Å². The molecule has 1 N–H and O–H groups in total. The second-order valence-electron chi connectivity index (χ2n) is 4.20. The summed E-state index contributed by atoms with van der Waals surface area (Å²) in [6.45, 7) is 2.67. The lowest BCUT2D eigenvalue weighted by Crippen LogP contribution is -2.30. The molecule has 1 aromatic rings. The average molecular weight is 251 g/mol. The van der Waals surface area contributed by atoms with Gasteiger partial charge in [-0.2, -0.15) is 0 Å². The molecule has 0 atom stereocenters. The molecule has 1 rings (SSSR count). The summed E-state index contributed by atoms with van der Waals surface area (Å²) in [6, 6.07) is 7.14. The number of nitrogens with zero attached hydrogens (tertiary/aromatic N) is 1. The van der Waals surface area contributed by atoms with Crippen LogP contribution in [0.1, 0.15) is 32.6 Å². The molecular weight excluding hydrogens is 230 g/mol. The minimum atomic E-state index is -0.917. The first-order valence-electron chi connectivity index (χ1n) is 6.33. The Bertz CT molecular complexity index is 379. The molecule has 0 bridgehead atoms. The zero-order valence-electron chi connectivity index (χ0n) is 11.1. The number of methoxy groups -OCH3 is 1. The van der Waals surface area contributed by atoms with E-state index in [0.29, 0.717) is 18.0 Å². The maximum Gasteiger partial charge on any atom is 0.411 e. The molecule has 0 saturated heterocycles. The van der Waals surface area contributed by atoms with Crippen molar-refractivity contribution in [3.63, 3.8) is 0 Å². The van der Waals surface area contributed by atoms with E-state index in [1.54, 1.807) is 31.4 Å². The van der Waals surface area contributed by atoms with Crippen LogP contribution in [0.25, 0.3) is 0 Å². The van der Waals surface area contributed by atoms with E-state index in [9.17, 15) is 9.90 Å². The lowest BCUT2D eigenvalue weighted by atomic mass is 10.2. The average Bonchev–Trinajstić information content (AvgIpc) is 2.38. The van der Waals surface area contributed by atoms with E-state index in [0.717, 1.165) is 25.7 Å². The number of amides is 1. The summed E-state index contributed by atoms with van der Waals surface area (Å²) in [7, 11) is 1.57. The van der Waals surface area contributed by atoms with Crippen molar-refractivity contribution in [3.8, 4) is 5.75 Å². The summed E-state index contributed by atoms with van der Waals surface area (Å²) in [5, 5.41) is 9.23. The standard InChI is InChI=1S/C14H21NO3/c1-3-4-5-6-10-15(14(16)17)12-8-7-9-13(11-12)18-2/h7-9,11H,3-6,10H2,1-2H3,(H,16,17). The highest BCUT2D eigenvalue weighted by molar-refractivity contribution is 5.86. The fourth-order valence-corrected chi connectivity index (χ4v) is 1.81. The Labute approximate surface area is 108 Å². The maximum absolute atomic E-state index is 11.2. The van der Waals surface area contributed by atoms with Gasteiger partial charge in [0.05, 0.1) is 12.8 Å². The Hall–Kier alpha value is -1.71. The van der Waals surface area contributed by atoms with Crippen LogP contribution >= 0.6 is 0 Å². The van der Waals surface area contributed by atoms with E-state index < -0.39 is 6.09 Å². The van der Waals surface area contributed by atoms with E-state index in [1.165, 1.54) is 4.90 Å². The van der Waals surface area contributed by atoms with Crippen LogP contribution in [-0.4, -0.2) is 24.9 Å². The molecule has 0 heterocycles. The molecule has 4 nitrogen and oxygen atoms in total. The minimum absolute atomic E-state index is 0.530. The molecular formula is C14H21NO3. The monoisotopic (exact) mass is 251 g/mol. The van der Waals surface area contributed by atoms with E-state index in [-0.39, 0.29) is 0 Å². The van der Waals surface area contributed by atoms with E-state index in [2.05, 4.69) is 6.92 Å². The molecule has 0 aliphatic rings. The molecule has 0 unspecified atom stereocenters. The highest BCUT2D eigenvalue weighted by Gasteiger charge is 2.14. The van der Waals surface area contributed by atoms with Crippen LogP contribution in [0.5, 0.6) is 5.75 Å². The highest BCUT2D eigenvalue weighted by Crippen LogP contribution is 2.21. The van der Waals surface area contributed by atoms with Crippen molar-refractivity contribution in [3.05, 3.63) is 24.3 Å². The Morgan fingerprint density at radius 3 is 2.72 bits per heavy atom. The number of carbonyl (C=O) groups is 1. The number of unbranched alkanes of at least 4 members (excludes halogenated alkanes) is 3. The van der Waals surface area contributed by atoms with Gasteiger partial charge in [-0.05, 0) is 18.6 Å². The first-order chi connectivity index (χ1) is 8.69. The third kappa shape index (κ3) is 4.28. The van der Waals surface area contributed by atoms with Gasteiger partial charge in [0, 0.05) is 12.6 Å².